The van der Waals surface area contributed by atoms with Crippen molar-refractivity contribution in [1.29, 1.82) is 0 Å². The summed E-state index contributed by atoms with van der Waals surface area (Å²) < 4.78 is 17.4. The van der Waals surface area contributed by atoms with Crippen molar-refractivity contribution in [2.45, 2.75) is 117 Å². The molecule has 4 rings (SSSR count). The number of carbonyl (C=O) groups is 3. The molecule has 0 aromatic carbocycles. The fraction of sp³-hybridized carbons (Fsp3) is 0.889. The van der Waals surface area contributed by atoms with Gasteiger partial charge in [-0.2, -0.15) is 0 Å². The quantitative estimate of drug-likeness (QED) is 0.421. The van der Waals surface area contributed by atoms with E-state index in [-0.39, 0.29) is 34.8 Å². The molecule has 0 bridgehead atoms. The number of esters is 3. The summed E-state index contributed by atoms with van der Waals surface area (Å²) in [5.41, 5.74) is -0.688. The Balaban J connectivity index is 1.59. The first-order chi connectivity index (χ1) is 15.4. The van der Waals surface area contributed by atoms with Gasteiger partial charge in [-0.1, -0.05) is 13.8 Å². The molecule has 0 N–H and O–H groups in total. The smallest absolute Gasteiger partial charge is 0.303 e. The highest BCUT2D eigenvalue weighted by molar-refractivity contribution is 5.68. The first kappa shape index (κ1) is 24.5. The van der Waals surface area contributed by atoms with E-state index in [2.05, 4.69) is 13.8 Å². The van der Waals surface area contributed by atoms with Gasteiger partial charge in [-0.3, -0.25) is 14.4 Å². The molecule has 0 unspecified atom stereocenters. The van der Waals surface area contributed by atoms with Gasteiger partial charge in [-0.25, -0.2) is 0 Å². The maximum Gasteiger partial charge on any atom is 0.303 e. The molecule has 6 nitrogen and oxygen atoms in total. The van der Waals surface area contributed by atoms with Crippen molar-refractivity contribution in [3.63, 3.8) is 0 Å². The van der Waals surface area contributed by atoms with Crippen LogP contribution >= 0.6 is 0 Å². The molecule has 6 heteroatoms. The highest BCUT2D eigenvalue weighted by Crippen LogP contribution is 2.69. The Hall–Kier alpha value is -1.59. The van der Waals surface area contributed by atoms with Gasteiger partial charge in [0.2, 0.25) is 0 Å². The van der Waals surface area contributed by atoms with Crippen LogP contribution in [0.2, 0.25) is 0 Å². The van der Waals surface area contributed by atoms with Crippen LogP contribution in [0.5, 0.6) is 0 Å². The van der Waals surface area contributed by atoms with E-state index in [0.717, 1.165) is 44.9 Å². The largest absolute Gasteiger partial charge is 0.463 e. The molecule has 0 radical (unpaired) electrons. The normalized spacial score (nSPS) is 45.1. The second-order valence-corrected chi connectivity index (χ2v) is 11.9. The summed E-state index contributed by atoms with van der Waals surface area (Å²) in [4.78, 5) is 35.6. The minimum Gasteiger partial charge on any atom is -0.463 e. The van der Waals surface area contributed by atoms with E-state index in [4.69, 9.17) is 14.2 Å². The summed E-state index contributed by atoms with van der Waals surface area (Å²) >= 11 is 0. The second kappa shape index (κ2) is 8.57. The third-order valence-electron chi connectivity index (χ3n) is 10.5. The average Bonchev–Trinajstić information content (AvgIpc) is 3.00. The Morgan fingerprint density at radius 2 is 1.52 bits per heavy atom. The number of hydrogen-bond donors (Lipinski definition) is 0. The van der Waals surface area contributed by atoms with Crippen molar-refractivity contribution >= 4 is 17.9 Å². The molecule has 0 heterocycles. The average molecular weight is 463 g/mol. The number of ether oxygens (including phenoxy) is 3. The molecule has 0 spiro atoms. The van der Waals surface area contributed by atoms with Gasteiger partial charge in [0.05, 0.1) is 0 Å². The molecule has 4 aliphatic carbocycles. The molecule has 4 fully saturated rings. The van der Waals surface area contributed by atoms with Crippen LogP contribution in [-0.4, -0.2) is 35.7 Å². The summed E-state index contributed by atoms with van der Waals surface area (Å²) in [5.74, 6) is 1.51. The van der Waals surface area contributed by atoms with Crippen molar-refractivity contribution in [1.82, 2.24) is 0 Å². The lowest BCUT2D eigenvalue weighted by molar-refractivity contribution is -0.219. The van der Waals surface area contributed by atoms with Crippen LogP contribution in [0, 0.1) is 34.5 Å². The minimum absolute atomic E-state index is 0.0682. The lowest BCUT2D eigenvalue weighted by Crippen LogP contribution is -2.61. The molecule has 0 saturated heterocycles. The van der Waals surface area contributed by atoms with Gasteiger partial charge in [0.25, 0.3) is 0 Å². The molecule has 4 aliphatic rings. The van der Waals surface area contributed by atoms with Gasteiger partial charge in [-0.05, 0) is 93.8 Å². The summed E-state index contributed by atoms with van der Waals surface area (Å²) in [6.45, 7) is 11.1. The molecule has 9 atom stereocenters. The molecule has 0 aromatic heterocycles. The van der Waals surface area contributed by atoms with Crippen LogP contribution in [0.3, 0.4) is 0 Å². The highest BCUT2D eigenvalue weighted by atomic mass is 16.6. The Morgan fingerprint density at radius 1 is 0.818 bits per heavy atom. The van der Waals surface area contributed by atoms with Crippen LogP contribution in [0.4, 0.5) is 0 Å². The molecule has 0 aliphatic heterocycles. The van der Waals surface area contributed by atoms with E-state index in [1.807, 2.05) is 6.92 Å². The van der Waals surface area contributed by atoms with Crippen LogP contribution in [0.25, 0.3) is 0 Å². The first-order valence-corrected chi connectivity index (χ1v) is 13.0. The van der Waals surface area contributed by atoms with E-state index >= 15 is 0 Å². The lowest BCUT2D eigenvalue weighted by Gasteiger charge is -2.62. The predicted octanol–water partition coefficient (Wildman–Crippen LogP) is 5.21. The van der Waals surface area contributed by atoms with E-state index in [9.17, 15) is 14.4 Å². The molecular formula is C27H42O6. The van der Waals surface area contributed by atoms with Gasteiger partial charge in [0.1, 0.15) is 12.2 Å². The molecule has 0 aromatic rings. The number of hydrogen-bond acceptors (Lipinski definition) is 6. The monoisotopic (exact) mass is 462 g/mol. The summed E-state index contributed by atoms with van der Waals surface area (Å²) in [6.07, 6.45) is 8.85. The Kier molecular flexibility index (Phi) is 6.37. The third kappa shape index (κ3) is 3.89. The van der Waals surface area contributed by atoms with Crippen LogP contribution in [0.1, 0.15) is 99.3 Å². The molecular weight excluding hydrogens is 420 g/mol. The maximum absolute atomic E-state index is 12.2. The van der Waals surface area contributed by atoms with Gasteiger partial charge < -0.3 is 14.2 Å². The van der Waals surface area contributed by atoms with E-state index < -0.39 is 11.7 Å². The molecule has 0 amide bonds. The van der Waals surface area contributed by atoms with Crippen LogP contribution in [0.15, 0.2) is 0 Å². The van der Waals surface area contributed by atoms with Crippen molar-refractivity contribution in [2.75, 3.05) is 0 Å². The number of rotatable bonds is 4. The van der Waals surface area contributed by atoms with Crippen molar-refractivity contribution < 1.29 is 28.6 Å². The standard InChI is InChI=1S/C27H42O6/c1-16(31-17(2)28)27(33-19(4)30)14-11-24-22-8-7-20-15-21(32-18(3)29)9-12-25(20,5)23(22)10-13-26(24,27)6/h16,20-24H,7-15H2,1-6H3/t16-,20+,21+,22-,23+,24+,25+,26+,27+/m1/s1. The first-order valence-electron chi connectivity index (χ1n) is 13.0. The van der Waals surface area contributed by atoms with Crippen LogP contribution < -0.4 is 0 Å². The Morgan fingerprint density at radius 3 is 2.15 bits per heavy atom. The minimum atomic E-state index is -0.759. The fourth-order valence-corrected chi connectivity index (χ4v) is 9.11. The molecule has 33 heavy (non-hydrogen) atoms. The van der Waals surface area contributed by atoms with E-state index in [1.54, 1.807) is 0 Å². The van der Waals surface area contributed by atoms with E-state index in [0.29, 0.717) is 23.7 Å². The third-order valence-corrected chi connectivity index (χ3v) is 10.5. The SMILES string of the molecule is CC(=O)O[C@H]1CC[C@@]2(C)[C@@H](CC[C@@H]3[C@@H]2CC[C@@]2(C)[C@H]3CC[C@]2(OC(C)=O)[C@@H](C)OC(C)=O)C1. The van der Waals surface area contributed by atoms with Crippen LogP contribution in [-0.2, 0) is 28.6 Å². The van der Waals surface area contributed by atoms with Gasteiger partial charge >= 0.3 is 17.9 Å². The lowest BCUT2D eigenvalue weighted by atomic mass is 9.44. The van der Waals surface area contributed by atoms with Crippen molar-refractivity contribution in [3.8, 4) is 0 Å². The topological polar surface area (TPSA) is 78.9 Å². The zero-order valence-electron chi connectivity index (χ0n) is 21.3. The fourth-order valence-electron chi connectivity index (χ4n) is 9.11. The number of fused-ring (bicyclic) bond motifs is 5. The number of carbonyl (C=O) groups excluding carboxylic acids is 3. The van der Waals surface area contributed by atoms with Gasteiger partial charge in [-0.15, -0.1) is 0 Å². The Bertz CT molecular complexity index is 808. The van der Waals surface area contributed by atoms with E-state index in [1.165, 1.54) is 33.6 Å². The summed E-state index contributed by atoms with van der Waals surface area (Å²) in [6, 6.07) is 0. The zero-order chi connectivity index (χ0) is 24.2. The maximum atomic E-state index is 12.2. The van der Waals surface area contributed by atoms with Gasteiger partial charge in [0.15, 0.2) is 5.60 Å². The van der Waals surface area contributed by atoms with Crippen molar-refractivity contribution in [2.24, 2.45) is 34.5 Å². The Labute approximate surface area is 198 Å². The molecule has 186 valence electrons. The molecule has 4 saturated carbocycles. The second-order valence-electron chi connectivity index (χ2n) is 11.9. The highest BCUT2D eigenvalue weighted by Gasteiger charge is 2.68. The predicted molar refractivity (Wildman–Crippen MR) is 123 cm³/mol. The zero-order valence-corrected chi connectivity index (χ0v) is 21.3. The van der Waals surface area contributed by atoms with Gasteiger partial charge in [0, 0.05) is 26.2 Å². The van der Waals surface area contributed by atoms with Crippen molar-refractivity contribution in [3.05, 3.63) is 0 Å². The summed E-state index contributed by atoms with van der Waals surface area (Å²) in [7, 11) is 0. The summed E-state index contributed by atoms with van der Waals surface area (Å²) in [5, 5.41) is 0.